The van der Waals surface area contributed by atoms with Gasteiger partial charge in [-0.3, -0.25) is 0 Å². The van der Waals surface area contributed by atoms with E-state index in [4.69, 9.17) is 0 Å². The molecule has 21 heavy (non-hydrogen) atoms. The van der Waals surface area contributed by atoms with E-state index < -0.39 is 0 Å². The van der Waals surface area contributed by atoms with Crippen LogP contribution in [0, 0.1) is 0 Å². The minimum absolute atomic E-state index is 0.415. The van der Waals surface area contributed by atoms with E-state index in [-0.39, 0.29) is 0 Å². The molecule has 0 bridgehead atoms. The molecule has 2 aromatic rings. The summed E-state index contributed by atoms with van der Waals surface area (Å²) in [5.41, 5.74) is 5.43. The maximum absolute atomic E-state index is 3.77. The lowest BCUT2D eigenvalue weighted by Gasteiger charge is -2.32. The van der Waals surface area contributed by atoms with Crippen LogP contribution in [0.5, 0.6) is 0 Å². The van der Waals surface area contributed by atoms with Gasteiger partial charge in [-0.05, 0) is 42.0 Å². The van der Waals surface area contributed by atoms with Gasteiger partial charge in [0, 0.05) is 14.1 Å². The van der Waals surface area contributed by atoms with Crippen molar-refractivity contribution in [2.45, 2.75) is 31.7 Å². The Morgan fingerprint density at radius 1 is 0.905 bits per heavy atom. The summed E-state index contributed by atoms with van der Waals surface area (Å²) >= 11 is 0. The van der Waals surface area contributed by atoms with Gasteiger partial charge in [0.2, 0.25) is 0 Å². The van der Waals surface area contributed by atoms with Crippen LogP contribution < -0.4 is 10.2 Å². The fourth-order valence-corrected chi connectivity index (χ4v) is 3.33. The summed E-state index contributed by atoms with van der Waals surface area (Å²) in [6.45, 7) is 2.34. The molecule has 0 saturated carbocycles. The van der Waals surface area contributed by atoms with Gasteiger partial charge >= 0.3 is 0 Å². The van der Waals surface area contributed by atoms with Crippen molar-refractivity contribution in [3.05, 3.63) is 59.7 Å². The van der Waals surface area contributed by atoms with Gasteiger partial charge < -0.3 is 10.2 Å². The number of fused-ring (bicyclic) bond motifs is 1. The van der Waals surface area contributed by atoms with Crippen molar-refractivity contribution in [3.63, 3.8) is 0 Å². The fourth-order valence-electron chi connectivity index (χ4n) is 3.33. The van der Waals surface area contributed by atoms with Gasteiger partial charge in [-0.1, -0.05) is 43.3 Å². The average molecular weight is 280 g/mol. The molecule has 0 spiro atoms. The zero-order chi connectivity index (χ0) is 14.8. The second-order valence-corrected chi connectivity index (χ2v) is 6.22. The third-order valence-corrected chi connectivity index (χ3v) is 4.51. The fraction of sp³-hybridized carbons (Fsp3) is 0.368. The SMILES string of the molecule is CC1CCC(Nc2ccccc2N(C)C)c2ccccc21. The lowest BCUT2D eigenvalue weighted by Crippen LogP contribution is -2.20. The van der Waals surface area contributed by atoms with Crippen LogP contribution in [0.15, 0.2) is 48.5 Å². The van der Waals surface area contributed by atoms with Crippen molar-refractivity contribution in [2.24, 2.45) is 0 Å². The van der Waals surface area contributed by atoms with Gasteiger partial charge in [0.1, 0.15) is 0 Å². The van der Waals surface area contributed by atoms with E-state index in [1.807, 2.05) is 0 Å². The van der Waals surface area contributed by atoms with Gasteiger partial charge in [0.05, 0.1) is 17.4 Å². The molecule has 0 fully saturated rings. The molecule has 2 unspecified atom stereocenters. The van der Waals surface area contributed by atoms with Crippen LogP contribution in [0.1, 0.15) is 42.9 Å². The zero-order valence-electron chi connectivity index (χ0n) is 13.1. The predicted octanol–water partition coefficient (Wildman–Crippen LogP) is 4.80. The first-order chi connectivity index (χ1) is 10.2. The topological polar surface area (TPSA) is 15.3 Å². The molecular weight excluding hydrogens is 256 g/mol. The number of hydrogen-bond donors (Lipinski definition) is 1. The van der Waals surface area contributed by atoms with Gasteiger partial charge in [-0.15, -0.1) is 0 Å². The maximum atomic E-state index is 3.77. The Balaban J connectivity index is 1.92. The monoisotopic (exact) mass is 280 g/mol. The molecule has 1 aliphatic carbocycles. The van der Waals surface area contributed by atoms with Crippen LogP contribution in [0.3, 0.4) is 0 Å². The summed E-state index contributed by atoms with van der Waals surface area (Å²) in [6, 6.07) is 17.8. The molecule has 1 aliphatic rings. The molecule has 0 saturated heterocycles. The van der Waals surface area contributed by atoms with Crippen LogP contribution in [0.4, 0.5) is 11.4 Å². The summed E-state index contributed by atoms with van der Waals surface area (Å²) in [5, 5.41) is 3.77. The van der Waals surface area contributed by atoms with Crippen LogP contribution in [-0.4, -0.2) is 14.1 Å². The molecular formula is C19H24N2. The number of hydrogen-bond acceptors (Lipinski definition) is 2. The smallest absolute Gasteiger partial charge is 0.0596 e. The summed E-state index contributed by atoms with van der Waals surface area (Å²) in [6.07, 6.45) is 2.44. The highest BCUT2D eigenvalue weighted by molar-refractivity contribution is 5.70. The van der Waals surface area contributed by atoms with Crippen molar-refractivity contribution >= 4 is 11.4 Å². The van der Waals surface area contributed by atoms with Crippen molar-refractivity contribution in [2.75, 3.05) is 24.3 Å². The number of nitrogens with zero attached hydrogens (tertiary/aromatic N) is 1. The highest BCUT2D eigenvalue weighted by atomic mass is 15.1. The maximum Gasteiger partial charge on any atom is 0.0596 e. The van der Waals surface area contributed by atoms with E-state index in [9.17, 15) is 0 Å². The zero-order valence-corrected chi connectivity index (χ0v) is 13.1. The third kappa shape index (κ3) is 2.76. The molecule has 0 radical (unpaired) electrons. The Hall–Kier alpha value is -1.96. The van der Waals surface area contributed by atoms with Crippen LogP contribution in [-0.2, 0) is 0 Å². The first-order valence-electron chi connectivity index (χ1n) is 7.78. The Kier molecular flexibility index (Phi) is 3.87. The molecule has 0 aromatic heterocycles. The van der Waals surface area contributed by atoms with Crippen molar-refractivity contribution < 1.29 is 0 Å². The molecule has 0 amide bonds. The van der Waals surface area contributed by atoms with Crippen LogP contribution >= 0.6 is 0 Å². The minimum Gasteiger partial charge on any atom is -0.377 e. The second-order valence-electron chi connectivity index (χ2n) is 6.22. The molecule has 1 N–H and O–H groups in total. The summed E-state index contributed by atoms with van der Waals surface area (Å²) in [4.78, 5) is 2.17. The van der Waals surface area contributed by atoms with Crippen molar-refractivity contribution in [1.82, 2.24) is 0 Å². The molecule has 2 nitrogen and oxygen atoms in total. The van der Waals surface area contributed by atoms with Gasteiger partial charge in [0.25, 0.3) is 0 Å². The average Bonchev–Trinajstić information content (AvgIpc) is 2.51. The lowest BCUT2D eigenvalue weighted by atomic mass is 9.81. The predicted molar refractivity (Wildman–Crippen MR) is 91.2 cm³/mol. The standard InChI is InChI=1S/C19H24N2/c1-14-12-13-17(16-9-5-4-8-15(14)16)20-18-10-6-7-11-19(18)21(2)3/h4-11,14,17,20H,12-13H2,1-3H3. The summed E-state index contributed by atoms with van der Waals surface area (Å²) < 4.78 is 0. The lowest BCUT2D eigenvalue weighted by molar-refractivity contribution is 0.534. The molecule has 2 atom stereocenters. The Morgan fingerprint density at radius 3 is 2.33 bits per heavy atom. The van der Waals surface area contributed by atoms with Gasteiger partial charge in [0.15, 0.2) is 0 Å². The highest BCUT2D eigenvalue weighted by Gasteiger charge is 2.24. The number of rotatable bonds is 3. The van der Waals surface area contributed by atoms with Crippen molar-refractivity contribution in [3.8, 4) is 0 Å². The quantitative estimate of drug-likeness (QED) is 0.868. The number of nitrogens with one attached hydrogen (secondary N) is 1. The molecule has 0 aliphatic heterocycles. The minimum atomic E-state index is 0.415. The first kappa shape index (κ1) is 14.0. The van der Waals surface area contributed by atoms with Crippen molar-refractivity contribution in [1.29, 1.82) is 0 Å². The van der Waals surface area contributed by atoms with Gasteiger partial charge in [-0.25, -0.2) is 0 Å². The molecule has 0 heterocycles. The molecule has 3 rings (SSSR count). The van der Waals surface area contributed by atoms with Crippen LogP contribution in [0.25, 0.3) is 0 Å². The molecule has 2 heteroatoms. The number of anilines is 2. The van der Waals surface area contributed by atoms with Gasteiger partial charge in [-0.2, -0.15) is 0 Å². The van der Waals surface area contributed by atoms with Crippen LogP contribution in [0.2, 0.25) is 0 Å². The third-order valence-electron chi connectivity index (χ3n) is 4.51. The largest absolute Gasteiger partial charge is 0.377 e. The van der Waals surface area contributed by atoms with E-state index in [1.165, 1.54) is 35.3 Å². The summed E-state index contributed by atoms with van der Waals surface area (Å²) in [7, 11) is 4.19. The summed E-state index contributed by atoms with van der Waals surface area (Å²) in [5.74, 6) is 0.670. The van der Waals surface area contributed by atoms with E-state index in [0.717, 1.165) is 0 Å². The first-order valence-corrected chi connectivity index (χ1v) is 7.78. The Labute approximate surface area is 127 Å². The Bertz CT molecular complexity index is 618. The van der Waals surface area contributed by atoms with E-state index in [2.05, 4.69) is 79.8 Å². The van der Waals surface area contributed by atoms with E-state index in [0.29, 0.717) is 12.0 Å². The van der Waals surface area contributed by atoms with E-state index >= 15 is 0 Å². The van der Waals surface area contributed by atoms with E-state index in [1.54, 1.807) is 0 Å². The molecule has 110 valence electrons. The number of benzene rings is 2. The highest BCUT2D eigenvalue weighted by Crippen LogP contribution is 2.39. The molecule has 2 aromatic carbocycles. The normalized spacial score (nSPS) is 20.7. The second kappa shape index (κ2) is 5.80. The number of para-hydroxylation sites is 2. The Morgan fingerprint density at radius 2 is 1.57 bits per heavy atom.